The van der Waals surface area contributed by atoms with E-state index in [4.69, 9.17) is 0 Å². The van der Waals surface area contributed by atoms with Crippen LogP contribution in [0.3, 0.4) is 0 Å². The van der Waals surface area contributed by atoms with Crippen molar-refractivity contribution >= 4 is 8.07 Å². The Morgan fingerprint density at radius 1 is 0.621 bits per heavy atom. The lowest BCUT2D eigenvalue weighted by atomic mass is 9.84. The summed E-state index contributed by atoms with van der Waals surface area (Å²) >= 11 is 0. The Labute approximate surface area is 176 Å². The number of rotatable bonds is 2. The van der Waals surface area contributed by atoms with Gasteiger partial charge in [-0.2, -0.15) is 0 Å². The van der Waals surface area contributed by atoms with Crippen LogP contribution in [0.5, 0.6) is 0 Å². The summed E-state index contributed by atoms with van der Waals surface area (Å²) in [5.74, 6) is 2.97. The van der Waals surface area contributed by atoms with E-state index in [0.717, 1.165) is 22.9 Å². The average Bonchev–Trinajstić information content (AvgIpc) is 3.28. The Kier molecular flexibility index (Phi) is 4.07. The van der Waals surface area contributed by atoms with Crippen molar-refractivity contribution in [3.63, 3.8) is 0 Å². The Morgan fingerprint density at radius 2 is 1.03 bits per heavy atom. The summed E-state index contributed by atoms with van der Waals surface area (Å²) in [4.78, 5) is 0. The second-order valence-corrected chi connectivity index (χ2v) is 15.3. The molecule has 0 N–H and O–H groups in total. The predicted molar refractivity (Wildman–Crippen MR) is 125 cm³/mol. The summed E-state index contributed by atoms with van der Waals surface area (Å²) < 4.78 is 0. The second-order valence-electron chi connectivity index (χ2n) is 10.4. The van der Waals surface area contributed by atoms with Crippen molar-refractivity contribution in [1.82, 2.24) is 0 Å². The predicted octanol–water partition coefficient (Wildman–Crippen LogP) is 7.47. The normalized spacial score (nSPS) is 34.4. The van der Waals surface area contributed by atoms with Gasteiger partial charge >= 0.3 is 0 Å². The van der Waals surface area contributed by atoms with Gasteiger partial charge in [-0.05, 0) is 70.9 Å². The molecule has 2 aromatic rings. The van der Waals surface area contributed by atoms with Crippen LogP contribution in [0.25, 0.3) is 0 Å². The first-order valence-corrected chi connectivity index (χ1v) is 14.8. The lowest BCUT2D eigenvalue weighted by Crippen LogP contribution is -2.46. The molecular weight excluding hydrogens is 364 g/mol. The largest absolute Gasteiger partial charge is 0.0879 e. The van der Waals surface area contributed by atoms with Crippen molar-refractivity contribution in [2.45, 2.75) is 61.7 Å². The van der Waals surface area contributed by atoms with Crippen molar-refractivity contribution < 1.29 is 0 Å². The van der Waals surface area contributed by atoms with Crippen molar-refractivity contribution in [3.05, 3.63) is 95.1 Å². The summed E-state index contributed by atoms with van der Waals surface area (Å²) in [5.41, 5.74) is 8.28. The van der Waals surface area contributed by atoms with Crippen LogP contribution < -0.4 is 0 Å². The van der Waals surface area contributed by atoms with E-state index in [-0.39, 0.29) is 0 Å². The Morgan fingerprint density at radius 3 is 1.48 bits per heavy atom. The Hall–Kier alpha value is -1.86. The molecule has 0 saturated carbocycles. The Bertz CT molecular complexity index is 917. The summed E-state index contributed by atoms with van der Waals surface area (Å²) in [6.07, 6.45) is 15.3. The van der Waals surface area contributed by atoms with Crippen LogP contribution in [0, 0.1) is 11.8 Å². The lowest BCUT2D eigenvalue weighted by Gasteiger charge is -2.44. The molecule has 0 aliphatic heterocycles. The molecule has 29 heavy (non-hydrogen) atoms. The molecule has 148 valence electrons. The maximum Gasteiger partial charge on any atom is 0.0635 e. The van der Waals surface area contributed by atoms with Crippen molar-refractivity contribution in [2.75, 3.05) is 0 Å². The minimum Gasteiger partial charge on any atom is -0.0879 e. The highest BCUT2D eigenvalue weighted by Gasteiger charge is 2.55. The highest BCUT2D eigenvalue weighted by atomic mass is 28.3. The highest BCUT2D eigenvalue weighted by Crippen LogP contribution is 2.62. The van der Waals surface area contributed by atoms with Crippen molar-refractivity contribution in [1.29, 1.82) is 0 Å². The fourth-order valence-corrected chi connectivity index (χ4v) is 13.4. The van der Waals surface area contributed by atoms with Gasteiger partial charge in [0.1, 0.15) is 0 Å². The van der Waals surface area contributed by atoms with Crippen LogP contribution in [0.2, 0.25) is 13.1 Å². The number of hydrogen-bond acceptors (Lipinski definition) is 0. The van der Waals surface area contributed by atoms with Gasteiger partial charge in [0.2, 0.25) is 0 Å². The third kappa shape index (κ3) is 2.49. The van der Waals surface area contributed by atoms with E-state index in [9.17, 15) is 0 Å². The molecule has 0 bridgehead atoms. The van der Waals surface area contributed by atoms with Crippen LogP contribution in [-0.4, -0.2) is 8.07 Å². The maximum absolute atomic E-state index is 2.75. The molecule has 0 spiro atoms. The quantitative estimate of drug-likeness (QED) is 0.365. The molecule has 6 unspecified atom stereocenters. The van der Waals surface area contributed by atoms with Gasteiger partial charge in [0.05, 0.1) is 8.07 Å². The minimum atomic E-state index is -1.62. The molecule has 0 heterocycles. The highest BCUT2D eigenvalue weighted by molar-refractivity contribution is 6.80. The van der Waals surface area contributed by atoms with E-state index in [1.165, 1.54) is 25.7 Å². The van der Waals surface area contributed by atoms with Crippen LogP contribution in [-0.2, 0) is 0 Å². The van der Waals surface area contributed by atoms with E-state index < -0.39 is 8.07 Å². The molecule has 0 fully saturated rings. The first kappa shape index (κ1) is 17.9. The molecule has 1 heteroatoms. The average molecular weight is 397 g/mol. The van der Waals surface area contributed by atoms with Gasteiger partial charge in [0, 0.05) is 11.8 Å². The van der Waals surface area contributed by atoms with Gasteiger partial charge < -0.3 is 0 Å². The van der Waals surface area contributed by atoms with Crippen molar-refractivity contribution in [3.8, 4) is 0 Å². The fourth-order valence-electron chi connectivity index (χ4n) is 7.88. The molecule has 0 saturated heterocycles. The summed E-state index contributed by atoms with van der Waals surface area (Å²) in [6.45, 7) is 5.49. The zero-order valence-corrected chi connectivity index (χ0v) is 18.7. The zero-order valence-electron chi connectivity index (χ0n) is 17.7. The van der Waals surface area contributed by atoms with E-state index >= 15 is 0 Å². The molecular formula is C28H32Si. The number of fused-ring (bicyclic) bond motifs is 6. The smallest absolute Gasteiger partial charge is 0.0635 e. The van der Waals surface area contributed by atoms with Gasteiger partial charge in [-0.3, -0.25) is 0 Å². The van der Waals surface area contributed by atoms with E-state index in [0.29, 0.717) is 11.8 Å². The van der Waals surface area contributed by atoms with E-state index in [1.807, 2.05) is 0 Å². The number of benzene rings is 2. The van der Waals surface area contributed by atoms with Crippen LogP contribution in [0.15, 0.2) is 72.8 Å². The maximum atomic E-state index is 2.75. The summed E-state index contributed by atoms with van der Waals surface area (Å²) in [6, 6.07) is 19.0. The van der Waals surface area contributed by atoms with Gasteiger partial charge in [0.15, 0.2) is 0 Å². The summed E-state index contributed by atoms with van der Waals surface area (Å²) in [7, 11) is -1.62. The minimum absolute atomic E-state index is 0.662. The third-order valence-corrected chi connectivity index (χ3v) is 13.5. The van der Waals surface area contributed by atoms with Crippen molar-refractivity contribution in [2.24, 2.45) is 11.8 Å². The van der Waals surface area contributed by atoms with Crippen LogP contribution in [0.1, 0.15) is 70.9 Å². The molecule has 6 rings (SSSR count). The van der Waals surface area contributed by atoms with Gasteiger partial charge in [-0.1, -0.05) is 85.9 Å². The van der Waals surface area contributed by atoms with Gasteiger partial charge in [0.25, 0.3) is 0 Å². The summed E-state index contributed by atoms with van der Waals surface area (Å²) in [5, 5.41) is 0. The Balaban J connectivity index is 1.50. The van der Waals surface area contributed by atoms with Crippen LogP contribution >= 0.6 is 0 Å². The molecule has 4 aliphatic rings. The topological polar surface area (TPSA) is 0 Å². The fraction of sp³-hybridized carbons (Fsp3) is 0.429. The monoisotopic (exact) mass is 396 g/mol. The SMILES string of the molecule is C[Si](C)(C1c2ccccc2C2C=CCCC21)C1c2ccccc2C2C=CCCC21. The molecule has 0 nitrogen and oxygen atoms in total. The number of hydrogen-bond donors (Lipinski definition) is 0. The molecule has 6 atom stereocenters. The lowest BCUT2D eigenvalue weighted by molar-refractivity contribution is 0.410. The van der Waals surface area contributed by atoms with Gasteiger partial charge in [-0.25, -0.2) is 0 Å². The molecule has 0 amide bonds. The third-order valence-electron chi connectivity index (χ3n) is 8.78. The first-order chi connectivity index (χ1) is 14.2. The molecule has 4 aliphatic carbocycles. The standard InChI is InChI=1S/C28H32Si/c1-29(2,27-23-15-7-3-11-19(23)20-12-4-8-16-24(20)27)28-25-17-9-5-13-21(25)22-14-6-10-18-26(22)28/h3-7,9,11-15,17,20,22,24,26-28H,8,10,16,18H2,1-2H3. The zero-order chi connectivity index (χ0) is 19.6. The van der Waals surface area contributed by atoms with E-state index in [1.54, 1.807) is 22.3 Å². The second kappa shape index (κ2) is 6.57. The molecule has 0 radical (unpaired) electrons. The van der Waals surface area contributed by atoms with E-state index in [2.05, 4.69) is 85.9 Å². The van der Waals surface area contributed by atoms with Crippen LogP contribution in [0.4, 0.5) is 0 Å². The molecule has 0 aromatic heterocycles. The number of allylic oxidation sites excluding steroid dienone is 4. The molecule has 2 aromatic carbocycles. The van der Waals surface area contributed by atoms with Gasteiger partial charge in [-0.15, -0.1) is 0 Å². The first-order valence-electron chi connectivity index (χ1n) is 11.7.